The van der Waals surface area contributed by atoms with Crippen molar-refractivity contribution >= 4 is 48.2 Å². The lowest BCUT2D eigenvalue weighted by Crippen LogP contribution is -2.34. The monoisotopic (exact) mass is 405 g/mol. The van der Waals surface area contributed by atoms with Crippen molar-refractivity contribution in [2.24, 2.45) is 5.92 Å². The Morgan fingerprint density at radius 2 is 1.80 bits per heavy atom. The molecule has 4 nitrogen and oxygen atoms in total. The van der Waals surface area contributed by atoms with Crippen LogP contribution in [0.3, 0.4) is 0 Å². The molecule has 1 aliphatic carbocycles. The maximum Gasteiger partial charge on any atom is 0.238 e. The van der Waals surface area contributed by atoms with Crippen molar-refractivity contribution in [2.75, 3.05) is 49.5 Å². The molecular weight excluding hydrogens is 377 g/mol. The molecule has 1 saturated carbocycles. The van der Waals surface area contributed by atoms with E-state index < -0.39 is 0 Å². The lowest BCUT2D eigenvalue weighted by molar-refractivity contribution is -0.115. The topological polar surface area (TPSA) is 44.4 Å². The van der Waals surface area contributed by atoms with E-state index in [2.05, 4.69) is 39.4 Å². The number of halogens is 2. The Bertz CT molecular complexity index is 506. The van der Waals surface area contributed by atoms with E-state index in [9.17, 15) is 4.79 Å². The SMILES string of the molecule is Cl.Cl.O=C(CNCC1CC1)Nc1ccc(CCN2CCSCC2)cc1. The van der Waals surface area contributed by atoms with Gasteiger partial charge in [0.15, 0.2) is 0 Å². The van der Waals surface area contributed by atoms with Crippen LogP contribution in [0.2, 0.25) is 0 Å². The van der Waals surface area contributed by atoms with Crippen LogP contribution in [-0.4, -0.2) is 55.0 Å². The van der Waals surface area contributed by atoms with Gasteiger partial charge in [-0.3, -0.25) is 4.79 Å². The summed E-state index contributed by atoms with van der Waals surface area (Å²) in [7, 11) is 0. The third-order valence-electron chi connectivity index (χ3n) is 4.47. The van der Waals surface area contributed by atoms with Gasteiger partial charge in [0.1, 0.15) is 0 Å². The van der Waals surface area contributed by atoms with Crippen LogP contribution in [0.15, 0.2) is 24.3 Å². The second kappa shape index (κ2) is 12.0. The van der Waals surface area contributed by atoms with Gasteiger partial charge in [0, 0.05) is 36.8 Å². The number of nitrogens with zero attached hydrogens (tertiary/aromatic N) is 1. The fourth-order valence-corrected chi connectivity index (χ4v) is 3.76. The van der Waals surface area contributed by atoms with Gasteiger partial charge in [-0.25, -0.2) is 0 Å². The maximum absolute atomic E-state index is 11.8. The molecule has 142 valence electrons. The van der Waals surface area contributed by atoms with E-state index >= 15 is 0 Å². The maximum atomic E-state index is 11.8. The summed E-state index contributed by atoms with van der Waals surface area (Å²) in [6, 6.07) is 8.29. The first kappa shape index (κ1) is 22.6. The number of hydrogen-bond acceptors (Lipinski definition) is 4. The van der Waals surface area contributed by atoms with Gasteiger partial charge in [-0.1, -0.05) is 12.1 Å². The summed E-state index contributed by atoms with van der Waals surface area (Å²) in [6.07, 6.45) is 3.71. The zero-order valence-corrected chi connectivity index (χ0v) is 17.0. The Morgan fingerprint density at radius 1 is 1.12 bits per heavy atom. The van der Waals surface area contributed by atoms with Gasteiger partial charge in [0.2, 0.25) is 5.91 Å². The number of nitrogens with one attached hydrogen (secondary N) is 2. The number of amides is 1. The first-order chi connectivity index (χ1) is 11.3. The van der Waals surface area contributed by atoms with Crippen LogP contribution in [0.4, 0.5) is 5.69 Å². The minimum absolute atomic E-state index is 0. The van der Waals surface area contributed by atoms with Crippen LogP contribution in [0.1, 0.15) is 18.4 Å². The molecular formula is C18H29Cl2N3OS. The van der Waals surface area contributed by atoms with Gasteiger partial charge in [-0.05, 0) is 49.4 Å². The van der Waals surface area contributed by atoms with Crippen LogP contribution in [0.5, 0.6) is 0 Å². The summed E-state index contributed by atoms with van der Waals surface area (Å²) < 4.78 is 0. The fourth-order valence-electron chi connectivity index (χ4n) is 2.78. The van der Waals surface area contributed by atoms with Crippen molar-refractivity contribution < 1.29 is 4.79 Å². The lowest BCUT2D eigenvalue weighted by Gasteiger charge is -2.26. The van der Waals surface area contributed by atoms with Crippen molar-refractivity contribution in [3.63, 3.8) is 0 Å². The molecule has 0 spiro atoms. The largest absolute Gasteiger partial charge is 0.325 e. The Kier molecular flexibility index (Phi) is 10.9. The van der Waals surface area contributed by atoms with Crippen LogP contribution < -0.4 is 10.6 Å². The molecule has 1 saturated heterocycles. The molecule has 0 aromatic heterocycles. The van der Waals surface area contributed by atoms with Gasteiger partial charge >= 0.3 is 0 Å². The molecule has 2 aliphatic rings. The zero-order chi connectivity index (χ0) is 15.9. The molecule has 1 aliphatic heterocycles. The molecule has 1 amide bonds. The number of carbonyl (C=O) groups excluding carboxylic acids is 1. The van der Waals surface area contributed by atoms with Gasteiger partial charge in [-0.15, -0.1) is 24.8 Å². The van der Waals surface area contributed by atoms with E-state index in [4.69, 9.17) is 0 Å². The van der Waals surface area contributed by atoms with Gasteiger partial charge in [0.05, 0.1) is 6.54 Å². The van der Waals surface area contributed by atoms with E-state index in [-0.39, 0.29) is 30.7 Å². The first-order valence-corrected chi connectivity index (χ1v) is 9.85. The predicted molar refractivity (Wildman–Crippen MR) is 113 cm³/mol. The van der Waals surface area contributed by atoms with Crippen molar-refractivity contribution in [3.05, 3.63) is 29.8 Å². The van der Waals surface area contributed by atoms with Crippen LogP contribution in [-0.2, 0) is 11.2 Å². The van der Waals surface area contributed by atoms with Gasteiger partial charge in [0.25, 0.3) is 0 Å². The van der Waals surface area contributed by atoms with Crippen molar-refractivity contribution in [3.8, 4) is 0 Å². The van der Waals surface area contributed by atoms with E-state index in [0.717, 1.165) is 31.1 Å². The lowest BCUT2D eigenvalue weighted by atomic mass is 10.1. The molecule has 1 heterocycles. The normalized spacial score (nSPS) is 17.3. The molecule has 7 heteroatoms. The highest BCUT2D eigenvalue weighted by molar-refractivity contribution is 7.99. The number of hydrogen-bond donors (Lipinski definition) is 2. The number of carbonyl (C=O) groups is 1. The molecule has 1 aromatic rings. The minimum Gasteiger partial charge on any atom is -0.325 e. The number of rotatable bonds is 8. The molecule has 0 unspecified atom stereocenters. The van der Waals surface area contributed by atoms with Crippen molar-refractivity contribution in [1.82, 2.24) is 10.2 Å². The standard InChI is InChI=1S/C18H27N3OS.2ClH/c22-18(14-19-13-16-1-2-16)20-17-5-3-15(4-6-17)7-8-21-9-11-23-12-10-21;;/h3-6,16,19H,1-2,7-14H2,(H,20,22);2*1H. The smallest absolute Gasteiger partial charge is 0.238 e. The first-order valence-electron chi connectivity index (χ1n) is 8.69. The number of anilines is 1. The van der Waals surface area contributed by atoms with Crippen molar-refractivity contribution in [2.45, 2.75) is 19.3 Å². The van der Waals surface area contributed by atoms with E-state index in [1.165, 1.54) is 43.0 Å². The average Bonchev–Trinajstić information content (AvgIpc) is 3.39. The minimum atomic E-state index is 0. The molecule has 0 radical (unpaired) electrons. The van der Waals surface area contributed by atoms with Crippen LogP contribution in [0.25, 0.3) is 0 Å². The third-order valence-corrected chi connectivity index (χ3v) is 5.42. The zero-order valence-electron chi connectivity index (χ0n) is 14.5. The Labute approximate surface area is 167 Å². The summed E-state index contributed by atoms with van der Waals surface area (Å²) in [4.78, 5) is 14.4. The fraction of sp³-hybridized carbons (Fsp3) is 0.611. The highest BCUT2D eigenvalue weighted by Gasteiger charge is 2.20. The molecule has 3 rings (SSSR count). The van der Waals surface area contributed by atoms with Gasteiger partial charge in [-0.2, -0.15) is 11.8 Å². The summed E-state index contributed by atoms with van der Waals surface area (Å²) in [5.74, 6) is 3.38. The van der Waals surface area contributed by atoms with E-state index in [1.807, 2.05) is 12.1 Å². The highest BCUT2D eigenvalue weighted by Crippen LogP contribution is 2.27. The summed E-state index contributed by atoms with van der Waals surface area (Å²) >= 11 is 2.05. The van der Waals surface area contributed by atoms with Crippen LogP contribution >= 0.6 is 36.6 Å². The molecule has 1 aromatic carbocycles. The predicted octanol–water partition coefficient (Wildman–Crippen LogP) is 3.06. The summed E-state index contributed by atoms with van der Waals surface area (Å²) in [5.41, 5.74) is 2.23. The Balaban J connectivity index is 0.00000156. The molecule has 25 heavy (non-hydrogen) atoms. The van der Waals surface area contributed by atoms with E-state index in [1.54, 1.807) is 0 Å². The number of benzene rings is 1. The van der Waals surface area contributed by atoms with Crippen LogP contribution in [0, 0.1) is 5.92 Å². The second-order valence-electron chi connectivity index (χ2n) is 6.52. The third kappa shape index (κ3) is 8.65. The highest BCUT2D eigenvalue weighted by atomic mass is 35.5. The average molecular weight is 406 g/mol. The van der Waals surface area contributed by atoms with E-state index in [0.29, 0.717) is 6.54 Å². The summed E-state index contributed by atoms with van der Waals surface area (Å²) in [5, 5.41) is 6.17. The molecule has 2 fully saturated rings. The molecule has 0 atom stereocenters. The molecule has 0 bridgehead atoms. The van der Waals surface area contributed by atoms with Gasteiger partial charge < -0.3 is 15.5 Å². The quantitative estimate of drug-likeness (QED) is 0.697. The Hall–Kier alpha value is -0.460. The van der Waals surface area contributed by atoms with Crippen molar-refractivity contribution in [1.29, 1.82) is 0 Å². The summed E-state index contributed by atoms with van der Waals surface area (Å²) in [6.45, 7) is 4.95. The Morgan fingerprint density at radius 3 is 2.44 bits per heavy atom. The molecule has 2 N–H and O–H groups in total. The second-order valence-corrected chi connectivity index (χ2v) is 7.75. The number of thioether (sulfide) groups is 1.